The fraction of sp³-hybridized carbons (Fsp3) is 0.455. The van der Waals surface area contributed by atoms with Crippen LogP contribution in [0.1, 0.15) is 42.7 Å². The zero-order valence-corrected chi connectivity index (χ0v) is 17.3. The highest BCUT2D eigenvalue weighted by Gasteiger charge is 2.58. The average Bonchev–Trinajstić information content (AvgIpc) is 3.16. The summed E-state index contributed by atoms with van der Waals surface area (Å²) < 4.78 is 5.79. The van der Waals surface area contributed by atoms with Gasteiger partial charge in [0.2, 0.25) is 5.91 Å². The van der Waals surface area contributed by atoms with Crippen molar-refractivity contribution in [2.45, 2.75) is 38.1 Å². The van der Waals surface area contributed by atoms with Crippen LogP contribution in [0.5, 0.6) is 0 Å². The summed E-state index contributed by atoms with van der Waals surface area (Å²) in [5.74, 6) is 1.61. The number of carbonyl (C=O) groups is 2. The van der Waals surface area contributed by atoms with Gasteiger partial charge in [-0.1, -0.05) is 23.2 Å². The molecule has 2 atom stereocenters. The summed E-state index contributed by atoms with van der Waals surface area (Å²) in [6.45, 7) is 0. The highest BCUT2D eigenvalue weighted by molar-refractivity contribution is 6.42. The molecule has 1 heterocycles. The van der Waals surface area contributed by atoms with Crippen LogP contribution >= 0.6 is 23.2 Å². The molecular weight excluding hydrogens is 411 g/mol. The van der Waals surface area contributed by atoms with E-state index in [1.54, 1.807) is 30.3 Å². The van der Waals surface area contributed by atoms with E-state index in [-0.39, 0.29) is 29.0 Å². The molecule has 4 saturated carbocycles. The first-order chi connectivity index (χ1) is 13.8. The number of furan rings is 1. The Hall–Kier alpha value is -1.98. The first-order valence-corrected chi connectivity index (χ1v) is 10.8. The summed E-state index contributed by atoms with van der Waals surface area (Å²) in [5, 5.41) is 4.09. The van der Waals surface area contributed by atoms with Crippen LogP contribution in [-0.4, -0.2) is 17.9 Å². The van der Waals surface area contributed by atoms with E-state index in [2.05, 4.69) is 5.32 Å². The molecule has 4 aliphatic carbocycles. The number of benzene rings is 1. The summed E-state index contributed by atoms with van der Waals surface area (Å²) >= 11 is 12.0. The van der Waals surface area contributed by atoms with Gasteiger partial charge in [-0.3, -0.25) is 9.59 Å². The van der Waals surface area contributed by atoms with Gasteiger partial charge in [0.25, 0.3) is 5.91 Å². The minimum absolute atomic E-state index is 0.0741. The average molecular weight is 433 g/mol. The Balaban J connectivity index is 1.32. The number of rotatable bonds is 4. The zero-order chi connectivity index (χ0) is 20.3. The number of primary amides is 1. The van der Waals surface area contributed by atoms with Gasteiger partial charge in [-0.05, 0) is 80.2 Å². The van der Waals surface area contributed by atoms with Gasteiger partial charge >= 0.3 is 0 Å². The Bertz CT molecular complexity index is 986. The molecule has 6 rings (SSSR count). The van der Waals surface area contributed by atoms with Crippen molar-refractivity contribution < 1.29 is 14.0 Å². The summed E-state index contributed by atoms with van der Waals surface area (Å²) in [6.07, 6.45) is 4.60. The van der Waals surface area contributed by atoms with Crippen LogP contribution in [0.15, 0.2) is 34.7 Å². The number of hydrogen-bond donors (Lipinski definition) is 2. The molecule has 29 heavy (non-hydrogen) atoms. The quantitative estimate of drug-likeness (QED) is 0.735. The highest BCUT2D eigenvalue weighted by atomic mass is 35.5. The second-order valence-corrected chi connectivity index (χ2v) is 9.72. The van der Waals surface area contributed by atoms with Gasteiger partial charge in [-0.2, -0.15) is 0 Å². The number of hydrogen-bond acceptors (Lipinski definition) is 3. The lowest BCUT2D eigenvalue weighted by Gasteiger charge is -2.58. The van der Waals surface area contributed by atoms with Crippen molar-refractivity contribution in [1.29, 1.82) is 0 Å². The van der Waals surface area contributed by atoms with E-state index < -0.39 is 0 Å². The number of halogens is 2. The molecule has 0 radical (unpaired) electrons. The van der Waals surface area contributed by atoms with E-state index in [1.165, 1.54) is 0 Å². The smallest absolute Gasteiger partial charge is 0.287 e. The van der Waals surface area contributed by atoms with Crippen molar-refractivity contribution >= 4 is 35.0 Å². The van der Waals surface area contributed by atoms with Gasteiger partial charge in [0.15, 0.2) is 5.76 Å². The molecule has 2 amide bonds. The molecule has 152 valence electrons. The normalized spacial score (nSPS) is 32.3. The lowest BCUT2D eigenvalue weighted by atomic mass is 9.47. The molecule has 0 saturated heterocycles. The Morgan fingerprint density at radius 2 is 1.76 bits per heavy atom. The van der Waals surface area contributed by atoms with E-state index >= 15 is 0 Å². The van der Waals surface area contributed by atoms with Crippen LogP contribution in [0.25, 0.3) is 11.3 Å². The molecule has 3 N–H and O–H groups in total. The molecule has 2 unspecified atom stereocenters. The van der Waals surface area contributed by atoms with Crippen molar-refractivity contribution in [2.24, 2.45) is 28.9 Å². The van der Waals surface area contributed by atoms with Crippen LogP contribution in [-0.2, 0) is 4.79 Å². The van der Waals surface area contributed by atoms with Crippen molar-refractivity contribution in [3.63, 3.8) is 0 Å². The van der Waals surface area contributed by atoms with Crippen LogP contribution in [0.4, 0.5) is 0 Å². The van der Waals surface area contributed by atoms with Crippen molar-refractivity contribution in [2.75, 3.05) is 0 Å². The summed E-state index contributed by atoms with van der Waals surface area (Å²) in [5.41, 5.74) is 6.15. The molecule has 1 aromatic carbocycles. The maximum absolute atomic E-state index is 12.9. The summed E-state index contributed by atoms with van der Waals surface area (Å²) in [7, 11) is 0. The Morgan fingerprint density at radius 1 is 1.03 bits per heavy atom. The monoisotopic (exact) mass is 432 g/mol. The Kier molecular flexibility index (Phi) is 4.44. The van der Waals surface area contributed by atoms with Gasteiger partial charge in [0.1, 0.15) is 5.76 Å². The lowest BCUT2D eigenvalue weighted by Crippen LogP contribution is -2.62. The molecular formula is C22H22Cl2N2O3. The Morgan fingerprint density at radius 3 is 2.41 bits per heavy atom. The Labute approximate surface area is 178 Å². The third-order valence-corrected chi connectivity index (χ3v) is 7.87. The summed E-state index contributed by atoms with van der Waals surface area (Å²) in [4.78, 5) is 25.0. The van der Waals surface area contributed by atoms with Crippen LogP contribution in [0.3, 0.4) is 0 Å². The topological polar surface area (TPSA) is 85.3 Å². The molecule has 0 aliphatic heterocycles. The number of amides is 2. The number of nitrogens with one attached hydrogen (secondary N) is 1. The zero-order valence-electron chi connectivity index (χ0n) is 15.8. The van der Waals surface area contributed by atoms with Crippen molar-refractivity contribution in [3.8, 4) is 11.3 Å². The number of carbonyl (C=O) groups excluding carboxylic acids is 2. The molecule has 5 nitrogen and oxygen atoms in total. The molecule has 4 bridgehead atoms. The van der Waals surface area contributed by atoms with Crippen LogP contribution < -0.4 is 11.1 Å². The second-order valence-electron chi connectivity index (χ2n) is 8.91. The first kappa shape index (κ1) is 19.0. The van der Waals surface area contributed by atoms with Gasteiger partial charge in [0, 0.05) is 17.0 Å². The van der Waals surface area contributed by atoms with Crippen molar-refractivity contribution in [1.82, 2.24) is 5.32 Å². The number of nitrogens with two attached hydrogens (primary N) is 1. The molecule has 2 aromatic rings. The first-order valence-electron chi connectivity index (χ1n) is 10.0. The van der Waals surface area contributed by atoms with E-state index in [4.69, 9.17) is 33.4 Å². The van der Waals surface area contributed by atoms with E-state index in [0.29, 0.717) is 33.6 Å². The van der Waals surface area contributed by atoms with E-state index in [9.17, 15) is 9.59 Å². The molecule has 0 spiro atoms. The van der Waals surface area contributed by atoms with Crippen LogP contribution in [0, 0.1) is 23.2 Å². The largest absolute Gasteiger partial charge is 0.451 e. The summed E-state index contributed by atoms with van der Waals surface area (Å²) in [6, 6.07) is 8.72. The third-order valence-electron chi connectivity index (χ3n) is 7.13. The standard InChI is InChI=1S/C22H22Cl2N2O3/c23-15-2-1-12(7-16(15)24)17-3-4-18(29-17)20(27)26-19-13-5-11-6-14(19)10-22(8-11,9-13)21(25)28/h1-4,7,11,13-14,19H,5-6,8-10H2,(H2,25,28)(H,26,27)/t11?,13?,14?,19-,22-. The third kappa shape index (κ3) is 3.15. The maximum Gasteiger partial charge on any atom is 0.287 e. The SMILES string of the molecule is NC(=O)[C@]12CC3CC(C1)[C@@H](NC(=O)c1ccc(-c4ccc(Cl)c(Cl)c4)o1)C(C3)C2. The molecule has 7 heteroatoms. The van der Waals surface area contributed by atoms with Gasteiger partial charge in [-0.15, -0.1) is 0 Å². The lowest BCUT2D eigenvalue weighted by molar-refractivity contribution is -0.145. The molecule has 4 fully saturated rings. The van der Waals surface area contributed by atoms with Gasteiger partial charge in [0.05, 0.1) is 10.0 Å². The van der Waals surface area contributed by atoms with Gasteiger partial charge < -0.3 is 15.5 Å². The van der Waals surface area contributed by atoms with E-state index in [1.807, 2.05) is 0 Å². The van der Waals surface area contributed by atoms with Gasteiger partial charge in [-0.25, -0.2) is 0 Å². The minimum Gasteiger partial charge on any atom is -0.451 e. The highest BCUT2D eigenvalue weighted by Crippen LogP contribution is 2.59. The maximum atomic E-state index is 12.9. The molecule has 4 aliphatic rings. The predicted octanol–water partition coefficient (Wildman–Crippen LogP) is 4.66. The fourth-order valence-corrected chi connectivity index (χ4v) is 6.35. The fourth-order valence-electron chi connectivity index (χ4n) is 6.05. The minimum atomic E-state index is -0.358. The van der Waals surface area contributed by atoms with Crippen molar-refractivity contribution in [3.05, 3.63) is 46.1 Å². The molecule has 1 aromatic heterocycles. The predicted molar refractivity (Wildman–Crippen MR) is 111 cm³/mol. The van der Waals surface area contributed by atoms with E-state index in [0.717, 1.165) is 37.7 Å². The second kappa shape index (κ2) is 6.78. The van der Waals surface area contributed by atoms with Crippen LogP contribution in [0.2, 0.25) is 10.0 Å².